The second-order valence-corrected chi connectivity index (χ2v) is 16.4. The average molecular weight is 592 g/mol. The van der Waals surface area contributed by atoms with Crippen molar-refractivity contribution < 1.29 is 32.9 Å². The molecule has 0 N–H and O–H groups in total. The summed E-state index contributed by atoms with van der Waals surface area (Å²) in [6.45, 7) is 2.28. The van der Waals surface area contributed by atoms with Crippen molar-refractivity contribution in [1.29, 1.82) is 0 Å². The first kappa shape index (κ1) is 32.4. The molecule has 1 fully saturated rings. The minimum atomic E-state index is -1.41. The molecule has 1 saturated heterocycles. The molecule has 1 heterocycles. The van der Waals surface area contributed by atoms with Crippen LogP contribution in [0.15, 0.2) is 0 Å². The van der Waals surface area contributed by atoms with Gasteiger partial charge in [0, 0.05) is 0 Å². The van der Waals surface area contributed by atoms with Gasteiger partial charge in [0.1, 0.15) is 0 Å². The lowest BCUT2D eigenvalue weighted by Gasteiger charge is -2.14. The molecule has 8 nitrogen and oxygen atoms in total. The molecule has 33 heavy (non-hydrogen) atoms. The second-order valence-electron chi connectivity index (χ2n) is 7.47. The van der Waals surface area contributed by atoms with Crippen LogP contribution in [0.1, 0.15) is 103 Å². The van der Waals surface area contributed by atoms with Gasteiger partial charge < -0.3 is 32.9 Å². The third-order valence-electron chi connectivity index (χ3n) is 4.80. The smallest absolute Gasteiger partial charge is 0.412 e. The standard InChI is InChI=1S/C17H35O8Si8/c1-2-3-4-5-6-7-8-9-10-11-12-13-14-15-16-17-33-24-31-22-29-20-27-18-26-19-28-21-30-23-32-25-33/h2-17H2,1H3. The summed E-state index contributed by atoms with van der Waals surface area (Å²) in [5.74, 6) is 0. The van der Waals surface area contributed by atoms with Crippen molar-refractivity contribution in [2.75, 3.05) is 0 Å². The molecule has 15 radical (unpaired) electrons. The topological polar surface area (TPSA) is 73.8 Å². The molecular weight excluding hydrogens is 557 g/mol. The maximum atomic E-state index is 5.80. The second kappa shape index (κ2) is 28.0. The lowest BCUT2D eigenvalue weighted by molar-refractivity contribution is 0.336. The Bertz CT molecular complexity index is 379. The zero-order valence-corrected chi connectivity index (χ0v) is 27.6. The molecule has 0 aromatic carbocycles. The van der Waals surface area contributed by atoms with Crippen LogP contribution in [0, 0.1) is 0 Å². The van der Waals surface area contributed by atoms with Gasteiger partial charge in [-0.3, -0.25) is 0 Å². The summed E-state index contributed by atoms with van der Waals surface area (Å²) >= 11 is 0. The number of hydrogen-bond donors (Lipinski definition) is 0. The minimum Gasteiger partial charge on any atom is -0.413 e. The molecule has 0 aromatic heterocycles. The van der Waals surface area contributed by atoms with Gasteiger partial charge in [-0.05, 0) is 6.04 Å². The Morgan fingerprint density at radius 3 is 1.06 bits per heavy atom. The largest absolute Gasteiger partial charge is 0.413 e. The van der Waals surface area contributed by atoms with Crippen LogP contribution >= 0.6 is 0 Å². The van der Waals surface area contributed by atoms with Crippen LogP contribution in [0.4, 0.5) is 0 Å². The third kappa shape index (κ3) is 24.9. The monoisotopic (exact) mass is 591 g/mol. The zero-order chi connectivity index (χ0) is 23.5. The van der Waals surface area contributed by atoms with Crippen LogP contribution in [0.25, 0.3) is 0 Å². The fraction of sp³-hybridized carbons (Fsp3) is 1.00. The summed E-state index contributed by atoms with van der Waals surface area (Å²) in [6.07, 6.45) is 20.4. The zero-order valence-electron chi connectivity index (χ0n) is 19.6. The Labute approximate surface area is 220 Å². The molecule has 1 aliphatic rings. The summed E-state index contributed by atoms with van der Waals surface area (Å²) in [5, 5.41) is 0. The fourth-order valence-corrected chi connectivity index (χ4v) is 10.4. The highest BCUT2D eigenvalue weighted by atomic mass is 28.4. The van der Waals surface area contributed by atoms with E-state index in [1.54, 1.807) is 0 Å². The van der Waals surface area contributed by atoms with Crippen molar-refractivity contribution in [3.63, 3.8) is 0 Å². The molecule has 1 rings (SSSR count). The summed E-state index contributed by atoms with van der Waals surface area (Å²) in [7, 11) is -2.16. The maximum absolute atomic E-state index is 5.80. The van der Waals surface area contributed by atoms with E-state index in [0.717, 1.165) is 12.5 Å². The summed E-state index contributed by atoms with van der Waals surface area (Å²) in [4.78, 5) is 0. The van der Waals surface area contributed by atoms with E-state index >= 15 is 0 Å². The van der Waals surface area contributed by atoms with E-state index in [-0.39, 0.29) is 70.0 Å². The van der Waals surface area contributed by atoms with E-state index in [0.29, 0.717) is 0 Å². The molecule has 0 aliphatic carbocycles. The molecule has 16 heteroatoms. The lowest BCUT2D eigenvalue weighted by Crippen LogP contribution is -2.30. The quantitative estimate of drug-likeness (QED) is 0.200. The Balaban J connectivity index is 1.95. The average Bonchev–Trinajstić information content (AvgIpc) is 2.82. The SMILES string of the molecule is CCCCCCCCCCCCCCCCC[Si]1O[Si]O[Si]O[Si]O[Si]O[Si]O[Si]O[Si]O1. The van der Waals surface area contributed by atoms with Crippen LogP contribution in [-0.2, 0) is 32.9 Å². The van der Waals surface area contributed by atoms with Gasteiger partial charge in [0.25, 0.3) is 0 Å². The van der Waals surface area contributed by atoms with Gasteiger partial charge in [0.05, 0.1) is 0 Å². The van der Waals surface area contributed by atoms with Crippen molar-refractivity contribution in [2.45, 2.75) is 109 Å². The molecule has 0 bridgehead atoms. The van der Waals surface area contributed by atoms with E-state index in [9.17, 15) is 0 Å². The van der Waals surface area contributed by atoms with E-state index in [1.165, 1.54) is 89.9 Å². The van der Waals surface area contributed by atoms with Crippen molar-refractivity contribution in [3.05, 3.63) is 0 Å². The molecule has 183 valence electrons. The van der Waals surface area contributed by atoms with Crippen LogP contribution in [-0.4, -0.2) is 79.3 Å². The predicted octanol–water partition coefficient (Wildman–Crippen LogP) is 3.23. The van der Waals surface area contributed by atoms with Gasteiger partial charge in [-0.1, -0.05) is 103 Å². The highest BCUT2D eigenvalue weighted by molar-refractivity contribution is 6.58. The van der Waals surface area contributed by atoms with Crippen molar-refractivity contribution in [2.24, 2.45) is 0 Å². The normalized spacial score (nSPS) is 18.5. The minimum absolute atomic E-state index is 0.0897. The predicted molar refractivity (Wildman–Crippen MR) is 134 cm³/mol. The first-order chi connectivity index (χ1) is 16.4. The number of hydrogen-bond acceptors (Lipinski definition) is 8. The van der Waals surface area contributed by atoms with Gasteiger partial charge in [0.15, 0.2) is 0 Å². The van der Waals surface area contributed by atoms with Gasteiger partial charge in [-0.15, -0.1) is 0 Å². The lowest BCUT2D eigenvalue weighted by atomic mass is 10.0. The van der Waals surface area contributed by atoms with Crippen LogP contribution in [0.5, 0.6) is 0 Å². The molecule has 0 spiro atoms. The van der Waals surface area contributed by atoms with Crippen LogP contribution in [0.3, 0.4) is 0 Å². The number of rotatable bonds is 16. The first-order valence-electron chi connectivity index (χ1n) is 11.8. The highest BCUT2D eigenvalue weighted by Gasteiger charge is 2.18. The molecule has 0 atom stereocenters. The van der Waals surface area contributed by atoms with Gasteiger partial charge >= 0.3 is 79.3 Å². The van der Waals surface area contributed by atoms with E-state index in [2.05, 4.69) is 6.92 Å². The van der Waals surface area contributed by atoms with Crippen molar-refractivity contribution >= 4 is 79.3 Å². The Morgan fingerprint density at radius 2 is 0.697 bits per heavy atom. The van der Waals surface area contributed by atoms with Gasteiger partial charge in [-0.25, -0.2) is 0 Å². The van der Waals surface area contributed by atoms with E-state index in [1.807, 2.05) is 0 Å². The first-order valence-corrected chi connectivity index (χ1v) is 19.1. The summed E-state index contributed by atoms with van der Waals surface area (Å²) in [6, 6.07) is 0.931. The van der Waals surface area contributed by atoms with Crippen molar-refractivity contribution in [1.82, 2.24) is 0 Å². The highest BCUT2D eigenvalue weighted by Crippen LogP contribution is 2.14. The molecule has 1 aliphatic heterocycles. The van der Waals surface area contributed by atoms with Crippen molar-refractivity contribution in [3.8, 4) is 0 Å². The Kier molecular flexibility index (Phi) is 27.5. The maximum Gasteiger partial charge on any atom is 0.412 e. The fourth-order valence-electron chi connectivity index (χ4n) is 3.10. The van der Waals surface area contributed by atoms with Gasteiger partial charge in [-0.2, -0.15) is 0 Å². The van der Waals surface area contributed by atoms with Gasteiger partial charge in [0.2, 0.25) is 0 Å². The Hall–Kier alpha value is 1.42. The summed E-state index contributed by atoms with van der Waals surface area (Å²) in [5.41, 5.74) is 0. The molecular formula is C17H35O8Si8. The Morgan fingerprint density at radius 1 is 0.394 bits per heavy atom. The van der Waals surface area contributed by atoms with Crippen LogP contribution < -0.4 is 0 Å². The molecule has 0 unspecified atom stereocenters. The number of unbranched alkanes of at least 4 members (excludes halogenated alkanes) is 14. The molecule has 0 saturated carbocycles. The van der Waals surface area contributed by atoms with E-state index < -0.39 is 9.28 Å². The van der Waals surface area contributed by atoms with E-state index in [4.69, 9.17) is 32.9 Å². The van der Waals surface area contributed by atoms with Crippen LogP contribution in [0.2, 0.25) is 6.04 Å². The molecule has 0 aromatic rings. The summed E-state index contributed by atoms with van der Waals surface area (Å²) < 4.78 is 43.2. The molecule has 0 amide bonds. The third-order valence-corrected chi connectivity index (χ3v) is 12.0.